The van der Waals surface area contributed by atoms with Crippen molar-refractivity contribution in [1.82, 2.24) is 9.97 Å². The number of rotatable bonds is 3. The Morgan fingerprint density at radius 1 is 1.10 bits per heavy atom. The summed E-state index contributed by atoms with van der Waals surface area (Å²) in [7, 11) is 0. The first kappa shape index (κ1) is 13.5. The monoisotopic (exact) mass is 272 g/mol. The van der Waals surface area contributed by atoms with Gasteiger partial charge in [-0.25, -0.2) is 4.98 Å². The fourth-order valence-corrected chi connectivity index (χ4v) is 1.50. The van der Waals surface area contributed by atoms with E-state index >= 15 is 0 Å². The lowest BCUT2D eigenvalue weighted by Crippen LogP contribution is -2.17. The molecule has 0 spiro atoms. The molecule has 0 saturated heterocycles. The van der Waals surface area contributed by atoms with E-state index in [0.717, 1.165) is 6.20 Å². The van der Waals surface area contributed by atoms with Crippen LogP contribution in [0.4, 0.5) is 11.4 Å². The van der Waals surface area contributed by atoms with E-state index in [4.69, 9.17) is 0 Å². The minimum Gasteiger partial charge on any atom is -0.326 e. The Morgan fingerprint density at radius 3 is 2.20 bits per heavy atom. The summed E-state index contributed by atoms with van der Waals surface area (Å²) in [4.78, 5) is 39.6. The fraction of sp³-hybridized carbons (Fsp3) is 0.0769. The molecule has 0 unspecified atom stereocenters. The van der Waals surface area contributed by atoms with Gasteiger partial charge in [0.2, 0.25) is 5.91 Å². The molecule has 2 aromatic rings. The van der Waals surface area contributed by atoms with Crippen molar-refractivity contribution in [3.63, 3.8) is 0 Å². The summed E-state index contributed by atoms with van der Waals surface area (Å²) in [5.74, 6) is -0.604. The molecule has 7 heteroatoms. The normalized spacial score (nSPS) is 9.85. The largest absolute Gasteiger partial charge is 0.326 e. The van der Waals surface area contributed by atoms with E-state index in [1.807, 2.05) is 0 Å². The molecule has 0 aliphatic heterocycles. The summed E-state index contributed by atoms with van der Waals surface area (Å²) in [6.07, 6.45) is 2.28. The molecule has 1 heterocycles. The number of carbonyl (C=O) groups is 2. The zero-order valence-corrected chi connectivity index (χ0v) is 10.6. The summed E-state index contributed by atoms with van der Waals surface area (Å²) < 4.78 is 0. The van der Waals surface area contributed by atoms with Crippen molar-refractivity contribution in [3.05, 3.63) is 52.7 Å². The molecule has 0 saturated carbocycles. The van der Waals surface area contributed by atoms with E-state index in [1.165, 1.54) is 13.1 Å². The first-order valence-electron chi connectivity index (χ1n) is 5.78. The summed E-state index contributed by atoms with van der Waals surface area (Å²) in [5.41, 5.74) is 0.923. The van der Waals surface area contributed by atoms with Gasteiger partial charge in [0.25, 0.3) is 11.5 Å². The van der Waals surface area contributed by atoms with Gasteiger partial charge in [0.05, 0.1) is 6.20 Å². The second-order valence-electron chi connectivity index (χ2n) is 4.01. The number of amides is 2. The van der Waals surface area contributed by atoms with Gasteiger partial charge in [-0.2, -0.15) is 0 Å². The van der Waals surface area contributed by atoms with Gasteiger partial charge in [0.15, 0.2) is 0 Å². The van der Waals surface area contributed by atoms with Crippen molar-refractivity contribution < 1.29 is 9.59 Å². The maximum absolute atomic E-state index is 11.8. The van der Waals surface area contributed by atoms with Crippen LogP contribution in [-0.4, -0.2) is 21.8 Å². The molecule has 20 heavy (non-hydrogen) atoms. The highest BCUT2D eigenvalue weighted by molar-refractivity contribution is 6.02. The van der Waals surface area contributed by atoms with E-state index in [9.17, 15) is 14.4 Å². The molecule has 0 radical (unpaired) electrons. The molecule has 0 aliphatic carbocycles. The zero-order chi connectivity index (χ0) is 14.5. The highest BCUT2D eigenvalue weighted by atomic mass is 16.2. The lowest BCUT2D eigenvalue weighted by Gasteiger charge is -2.06. The van der Waals surface area contributed by atoms with Gasteiger partial charge in [0, 0.05) is 24.5 Å². The molecule has 0 atom stereocenters. The van der Waals surface area contributed by atoms with Crippen LogP contribution in [0.25, 0.3) is 0 Å². The van der Waals surface area contributed by atoms with Gasteiger partial charge in [-0.15, -0.1) is 0 Å². The molecule has 3 N–H and O–H groups in total. The van der Waals surface area contributed by atoms with Crippen LogP contribution in [0.1, 0.15) is 17.4 Å². The molecule has 2 rings (SSSR count). The van der Waals surface area contributed by atoms with Crippen molar-refractivity contribution in [2.24, 2.45) is 0 Å². The third kappa shape index (κ3) is 3.52. The predicted octanol–water partition coefficient (Wildman–Crippen LogP) is 0.981. The van der Waals surface area contributed by atoms with Crippen LogP contribution in [0.2, 0.25) is 0 Å². The molecular weight excluding hydrogens is 260 g/mol. The number of hydrogen-bond acceptors (Lipinski definition) is 4. The number of aromatic amines is 1. The maximum atomic E-state index is 11.8. The smallest absolute Gasteiger partial charge is 0.275 e. The minimum absolute atomic E-state index is 0.107. The van der Waals surface area contributed by atoms with Gasteiger partial charge >= 0.3 is 0 Å². The summed E-state index contributed by atoms with van der Waals surface area (Å²) in [5, 5.41) is 5.24. The van der Waals surface area contributed by atoms with E-state index in [1.54, 1.807) is 24.3 Å². The van der Waals surface area contributed by atoms with Gasteiger partial charge in [-0.05, 0) is 24.3 Å². The van der Waals surface area contributed by atoms with Crippen LogP contribution in [0, 0.1) is 0 Å². The molecule has 7 nitrogen and oxygen atoms in total. The van der Waals surface area contributed by atoms with Crippen LogP contribution in [0.15, 0.2) is 41.5 Å². The summed E-state index contributed by atoms with van der Waals surface area (Å²) in [6, 6.07) is 6.62. The Morgan fingerprint density at radius 2 is 1.70 bits per heavy atom. The van der Waals surface area contributed by atoms with Gasteiger partial charge in [0.1, 0.15) is 5.69 Å². The molecular formula is C13H12N4O3. The molecule has 0 bridgehead atoms. The molecule has 102 valence electrons. The molecule has 0 fully saturated rings. The zero-order valence-electron chi connectivity index (χ0n) is 10.6. The van der Waals surface area contributed by atoms with E-state index < -0.39 is 5.91 Å². The van der Waals surface area contributed by atoms with Crippen LogP contribution >= 0.6 is 0 Å². The summed E-state index contributed by atoms with van der Waals surface area (Å²) in [6.45, 7) is 1.41. The van der Waals surface area contributed by atoms with Crippen LogP contribution in [0.5, 0.6) is 0 Å². The van der Waals surface area contributed by atoms with Gasteiger partial charge in [-0.3, -0.25) is 14.4 Å². The highest BCUT2D eigenvalue weighted by Crippen LogP contribution is 2.14. The third-order valence-corrected chi connectivity index (χ3v) is 2.37. The summed E-state index contributed by atoms with van der Waals surface area (Å²) >= 11 is 0. The second-order valence-corrected chi connectivity index (χ2v) is 4.01. The second kappa shape index (κ2) is 5.79. The molecule has 1 aromatic carbocycles. The Balaban J connectivity index is 2.06. The van der Waals surface area contributed by atoms with E-state index in [-0.39, 0.29) is 17.2 Å². The van der Waals surface area contributed by atoms with Gasteiger partial charge in [-0.1, -0.05) is 0 Å². The average Bonchev–Trinajstić information content (AvgIpc) is 2.41. The number of nitrogens with zero attached hydrogens (tertiary/aromatic N) is 1. The van der Waals surface area contributed by atoms with Crippen molar-refractivity contribution in [3.8, 4) is 0 Å². The number of nitrogens with one attached hydrogen (secondary N) is 3. The third-order valence-electron chi connectivity index (χ3n) is 2.37. The van der Waals surface area contributed by atoms with E-state index in [0.29, 0.717) is 11.4 Å². The number of anilines is 2. The highest BCUT2D eigenvalue weighted by Gasteiger charge is 2.07. The van der Waals surface area contributed by atoms with Crippen molar-refractivity contribution >= 4 is 23.2 Å². The molecule has 0 aliphatic rings. The van der Waals surface area contributed by atoms with E-state index in [2.05, 4.69) is 20.6 Å². The predicted molar refractivity (Wildman–Crippen MR) is 73.6 cm³/mol. The van der Waals surface area contributed by atoms with Crippen molar-refractivity contribution in [2.75, 3.05) is 10.6 Å². The number of carbonyl (C=O) groups excluding carboxylic acids is 2. The van der Waals surface area contributed by atoms with Crippen LogP contribution in [-0.2, 0) is 4.79 Å². The van der Waals surface area contributed by atoms with Gasteiger partial charge < -0.3 is 15.6 Å². The lowest BCUT2D eigenvalue weighted by atomic mass is 10.2. The Kier molecular flexibility index (Phi) is 3.90. The van der Waals surface area contributed by atoms with Crippen molar-refractivity contribution in [2.45, 2.75) is 6.92 Å². The topological polar surface area (TPSA) is 104 Å². The number of benzene rings is 1. The lowest BCUT2D eigenvalue weighted by molar-refractivity contribution is -0.114. The molecule has 2 amide bonds. The minimum atomic E-state index is -0.437. The Labute approximate surface area is 114 Å². The number of H-pyrrole nitrogens is 1. The van der Waals surface area contributed by atoms with Crippen molar-refractivity contribution in [1.29, 1.82) is 0 Å². The number of aromatic nitrogens is 2. The first-order valence-corrected chi connectivity index (χ1v) is 5.78. The van der Waals surface area contributed by atoms with Crippen LogP contribution < -0.4 is 16.2 Å². The average molecular weight is 272 g/mol. The quantitative estimate of drug-likeness (QED) is 0.774. The Hall–Kier alpha value is -2.96. The number of hydrogen-bond donors (Lipinski definition) is 3. The van der Waals surface area contributed by atoms with Crippen LogP contribution in [0.3, 0.4) is 0 Å². The molecule has 1 aromatic heterocycles. The fourth-order valence-electron chi connectivity index (χ4n) is 1.50. The SMILES string of the molecule is CC(=O)Nc1ccc(NC(=O)c2c[nH]c(=O)cn2)cc1. The maximum Gasteiger partial charge on any atom is 0.275 e. The first-order chi connectivity index (χ1) is 9.54. The standard InChI is InChI=1S/C13H12N4O3/c1-8(18)16-9-2-4-10(5-3-9)17-13(20)11-6-15-12(19)7-14-11/h2-7H,1H3,(H,15,19)(H,16,18)(H,17,20). The Bertz CT molecular complexity index is 671.